The summed E-state index contributed by atoms with van der Waals surface area (Å²) in [5, 5.41) is 8.67. The van der Waals surface area contributed by atoms with Crippen molar-refractivity contribution in [3.8, 4) is 11.5 Å². The van der Waals surface area contributed by atoms with E-state index in [2.05, 4.69) is 9.40 Å². The van der Waals surface area contributed by atoms with Gasteiger partial charge in [0.15, 0.2) is 5.69 Å². The van der Waals surface area contributed by atoms with Crippen LogP contribution in [0, 0.1) is 0 Å². The second kappa shape index (κ2) is 5.04. The smallest absolute Gasteiger partial charge is 0.452 e. The number of rotatable bonds is 2. The zero-order valence-corrected chi connectivity index (χ0v) is 10.3. The van der Waals surface area contributed by atoms with Gasteiger partial charge in [0.05, 0.1) is 5.56 Å². The van der Waals surface area contributed by atoms with Gasteiger partial charge in [-0.25, -0.2) is 9.78 Å². The van der Waals surface area contributed by atoms with E-state index in [1.54, 1.807) is 0 Å². The number of benzene rings is 1. The van der Waals surface area contributed by atoms with Crippen molar-refractivity contribution in [2.75, 3.05) is 0 Å². The Balaban J connectivity index is 2.48. The van der Waals surface area contributed by atoms with Gasteiger partial charge in [-0.05, 0) is 24.3 Å². The first-order chi connectivity index (χ1) is 10.00. The molecule has 0 spiro atoms. The molecule has 1 heterocycles. The standard InChI is InChI=1S/C12H5F6NO3/c13-11(14,15)6-3-1-5(2-4-6)9-19-7(10(20)21)8(22-9)12(16,17)18/h1-4H,(H,20,21). The van der Waals surface area contributed by atoms with E-state index in [-0.39, 0.29) is 5.56 Å². The van der Waals surface area contributed by atoms with Gasteiger partial charge in [-0.3, -0.25) is 0 Å². The predicted molar refractivity (Wildman–Crippen MR) is 58.9 cm³/mol. The molecule has 0 saturated heterocycles. The molecule has 0 amide bonds. The summed E-state index contributed by atoms with van der Waals surface area (Å²) in [6.07, 6.45) is -9.70. The second-order valence-electron chi connectivity index (χ2n) is 4.07. The molecule has 0 radical (unpaired) electrons. The van der Waals surface area contributed by atoms with E-state index < -0.39 is 41.2 Å². The van der Waals surface area contributed by atoms with Gasteiger partial charge in [-0.2, -0.15) is 26.3 Å². The fourth-order valence-corrected chi connectivity index (χ4v) is 1.58. The quantitative estimate of drug-likeness (QED) is 0.845. The highest BCUT2D eigenvalue weighted by Crippen LogP contribution is 2.36. The number of oxazole rings is 1. The van der Waals surface area contributed by atoms with Crippen molar-refractivity contribution in [2.45, 2.75) is 12.4 Å². The fourth-order valence-electron chi connectivity index (χ4n) is 1.58. The SMILES string of the molecule is O=C(O)c1nc(-c2ccc(C(F)(F)F)cc2)oc1C(F)(F)F. The Morgan fingerprint density at radius 2 is 1.55 bits per heavy atom. The number of aromatic carboxylic acids is 1. The van der Waals surface area contributed by atoms with Crippen LogP contribution in [0.2, 0.25) is 0 Å². The molecule has 2 rings (SSSR count). The minimum atomic E-state index is -5.09. The van der Waals surface area contributed by atoms with Crippen LogP contribution in [-0.4, -0.2) is 16.1 Å². The van der Waals surface area contributed by atoms with Crippen molar-refractivity contribution in [2.24, 2.45) is 0 Å². The first-order valence-corrected chi connectivity index (χ1v) is 5.49. The van der Waals surface area contributed by atoms with Gasteiger partial charge in [-0.1, -0.05) is 0 Å². The van der Waals surface area contributed by atoms with E-state index >= 15 is 0 Å². The third-order valence-electron chi connectivity index (χ3n) is 2.55. The van der Waals surface area contributed by atoms with Gasteiger partial charge in [0.25, 0.3) is 0 Å². The lowest BCUT2D eigenvalue weighted by Crippen LogP contribution is -2.10. The van der Waals surface area contributed by atoms with Gasteiger partial charge >= 0.3 is 18.3 Å². The lowest BCUT2D eigenvalue weighted by Gasteiger charge is -2.06. The largest absolute Gasteiger partial charge is 0.476 e. The minimum absolute atomic E-state index is 0.217. The molecule has 4 nitrogen and oxygen atoms in total. The molecule has 0 fully saturated rings. The van der Waals surface area contributed by atoms with Crippen LogP contribution in [0.4, 0.5) is 26.3 Å². The van der Waals surface area contributed by atoms with Crippen LogP contribution >= 0.6 is 0 Å². The highest BCUT2D eigenvalue weighted by atomic mass is 19.4. The molecule has 0 unspecified atom stereocenters. The van der Waals surface area contributed by atoms with Gasteiger partial charge < -0.3 is 9.52 Å². The van der Waals surface area contributed by atoms with Crippen LogP contribution in [0.5, 0.6) is 0 Å². The highest BCUT2D eigenvalue weighted by Gasteiger charge is 2.42. The monoisotopic (exact) mass is 325 g/mol. The minimum Gasteiger partial charge on any atom is -0.476 e. The average Bonchev–Trinajstić information content (AvgIpc) is 2.83. The summed E-state index contributed by atoms with van der Waals surface area (Å²) in [5.74, 6) is -4.53. The summed E-state index contributed by atoms with van der Waals surface area (Å²) in [6.45, 7) is 0. The summed E-state index contributed by atoms with van der Waals surface area (Å²) >= 11 is 0. The second-order valence-corrected chi connectivity index (χ2v) is 4.07. The number of carboxylic acids is 1. The molecule has 1 N–H and O–H groups in total. The predicted octanol–water partition coefficient (Wildman–Crippen LogP) is 4.08. The maximum absolute atomic E-state index is 12.6. The molecular weight excluding hydrogens is 320 g/mol. The van der Waals surface area contributed by atoms with Crippen LogP contribution < -0.4 is 0 Å². The maximum Gasteiger partial charge on any atom is 0.452 e. The van der Waals surface area contributed by atoms with Gasteiger partial charge in [-0.15, -0.1) is 0 Å². The Morgan fingerprint density at radius 1 is 1.00 bits per heavy atom. The Bertz CT molecular complexity index is 699. The van der Waals surface area contributed by atoms with Crippen molar-refractivity contribution in [3.05, 3.63) is 41.3 Å². The molecule has 0 bridgehead atoms. The molecule has 0 aliphatic rings. The first-order valence-electron chi connectivity index (χ1n) is 5.49. The van der Waals surface area contributed by atoms with Crippen LogP contribution in [0.15, 0.2) is 28.7 Å². The third kappa shape index (κ3) is 3.05. The Kier molecular flexibility index (Phi) is 3.63. The number of hydrogen-bond donors (Lipinski definition) is 1. The zero-order chi connectivity index (χ0) is 16.7. The van der Waals surface area contributed by atoms with Crippen LogP contribution in [0.25, 0.3) is 11.5 Å². The van der Waals surface area contributed by atoms with Crippen LogP contribution in [-0.2, 0) is 12.4 Å². The summed E-state index contributed by atoms with van der Waals surface area (Å²) in [5.41, 5.74) is -2.59. The summed E-state index contributed by atoms with van der Waals surface area (Å²) < 4.78 is 79.4. The van der Waals surface area contributed by atoms with Crippen molar-refractivity contribution in [1.29, 1.82) is 0 Å². The van der Waals surface area contributed by atoms with E-state index in [1.165, 1.54) is 0 Å². The van der Waals surface area contributed by atoms with Gasteiger partial charge in [0, 0.05) is 5.56 Å². The number of nitrogens with zero attached hydrogens (tertiary/aromatic N) is 1. The number of aromatic nitrogens is 1. The maximum atomic E-state index is 12.6. The Labute approximate surface area is 118 Å². The molecule has 0 aliphatic heterocycles. The Hall–Kier alpha value is -2.52. The summed E-state index contributed by atoms with van der Waals surface area (Å²) in [7, 11) is 0. The molecule has 0 atom stereocenters. The zero-order valence-electron chi connectivity index (χ0n) is 10.3. The number of carbonyl (C=O) groups is 1. The third-order valence-corrected chi connectivity index (χ3v) is 2.55. The molecule has 118 valence electrons. The molecule has 22 heavy (non-hydrogen) atoms. The fraction of sp³-hybridized carbons (Fsp3) is 0.167. The first kappa shape index (κ1) is 15.9. The van der Waals surface area contributed by atoms with Crippen molar-refractivity contribution >= 4 is 5.97 Å². The molecule has 1 aromatic carbocycles. The molecule has 0 saturated carbocycles. The van der Waals surface area contributed by atoms with Crippen molar-refractivity contribution < 1.29 is 40.7 Å². The molecule has 10 heteroatoms. The summed E-state index contributed by atoms with van der Waals surface area (Å²) in [4.78, 5) is 13.9. The normalized spacial score (nSPS) is 12.5. The van der Waals surface area contributed by atoms with Gasteiger partial charge in [0.1, 0.15) is 0 Å². The average molecular weight is 325 g/mol. The van der Waals surface area contributed by atoms with E-state index in [0.29, 0.717) is 12.1 Å². The van der Waals surface area contributed by atoms with E-state index in [9.17, 15) is 31.1 Å². The lowest BCUT2D eigenvalue weighted by molar-refractivity contribution is -0.153. The molecule has 0 aliphatic carbocycles. The van der Waals surface area contributed by atoms with Crippen LogP contribution in [0.3, 0.4) is 0 Å². The molecule has 1 aromatic heterocycles. The van der Waals surface area contributed by atoms with E-state index in [4.69, 9.17) is 5.11 Å². The molecule has 2 aromatic rings. The van der Waals surface area contributed by atoms with E-state index in [0.717, 1.165) is 12.1 Å². The van der Waals surface area contributed by atoms with Gasteiger partial charge in [0.2, 0.25) is 11.7 Å². The number of alkyl halides is 6. The number of halogens is 6. The lowest BCUT2D eigenvalue weighted by atomic mass is 10.1. The van der Waals surface area contributed by atoms with Crippen molar-refractivity contribution in [1.82, 2.24) is 4.98 Å². The highest BCUT2D eigenvalue weighted by molar-refractivity contribution is 5.87. The molecular formula is C12H5F6NO3. The topological polar surface area (TPSA) is 63.3 Å². The van der Waals surface area contributed by atoms with Crippen LogP contribution in [0.1, 0.15) is 21.8 Å². The summed E-state index contributed by atoms with van der Waals surface area (Å²) in [6, 6.07) is 2.90. The number of carboxylic acid groups (broad SMARTS) is 1. The number of hydrogen-bond acceptors (Lipinski definition) is 3. The van der Waals surface area contributed by atoms with E-state index in [1.807, 2.05) is 0 Å². The Morgan fingerprint density at radius 3 is 1.91 bits per heavy atom. The van der Waals surface area contributed by atoms with Crippen molar-refractivity contribution in [3.63, 3.8) is 0 Å².